The van der Waals surface area contributed by atoms with Crippen LogP contribution in [0.1, 0.15) is 12.8 Å². The van der Waals surface area contributed by atoms with Gasteiger partial charge in [-0.25, -0.2) is 0 Å². The van der Waals surface area contributed by atoms with Crippen molar-refractivity contribution < 1.29 is 4.74 Å². The Labute approximate surface area is 47.5 Å². The normalized spacial score (nSPS) is 31.7. The monoisotopic (exact) mass is 116 g/mol. The Kier molecular flexibility index (Phi) is 1.88. The summed E-state index contributed by atoms with van der Waals surface area (Å²) in [5.41, 5.74) is 0. The number of rotatable bonds is 1. The molecule has 0 saturated carbocycles. The van der Waals surface area contributed by atoms with Gasteiger partial charge in [-0.05, 0) is 18.9 Å². The average Bonchev–Trinajstić information content (AvgIpc) is 2.14. The van der Waals surface area contributed by atoms with Crippen LogP contribution in [-0.4, -0.2) is 23.0 Å². The van der Waals surface area contributed by atoms with E-state index in [2.05, 4.69) is 0 Å². The molecular formula is C5H12OSi. The van der Waals surface area contributed by atoms with Crippen molar-refractivity contribution in [2.45, 2.75) is 25.0 Å². The molecule has 1 unspecified atom stereocenters. The van der Waals surface area contributed by atoms with Crippen molar-refractivity contribution in [3.05, 3.63) is 0 Å². The number of ether oxygens (including phenoxy) is 1. The molecule has 0 N–H and O–H groups in total. The first kappa shape index (κ1) is 5.32. The summed E-state index contributed by atoms with van der Waals surface area (Å²) in [6, 6.07) is 1.33. The van der Waals surface area contributed by atoms with E-state index >= 15 is 0 Å². The van der Waals surface area contributed by atoms with E-state index < -0.39 is 0 Å². The lowest BCUT2D eigenvalue weighted by atomic mass is 10.3. The molecule has 1 rings (SSSR count). The highest BCUT2D eigenvalue weighted by Crippen LogP contribution is 2.13. The predicted octanol–water partition coefficient (Wildman–Crippen LogP) is -0.0509. The highest BCUT2D eigenvalue weighted by molar-refractivity contribution is 6.08. The summed E-state index contributed by atoms with van der Waals surface area (Å²) in [5, 5.41) is 0. The molecule has 1 heterocycles. The first-order valence-corrected chi connectivity index (χ1v) is 4.46. The van der Waals surface area contributed by atoms with Crippen molar-refractivity contribution in [2.24, 2.45) is 0 Å². The van der Waals surface area contributed by atoms with Crippen molar-refractivity contribution in [3.8, 4) is 0 Å². The molecular weight excluding hydrogens is 104 g/mol. The maximum Gasteiger partial charge on any atom is 0.0544 e. The summed E-state index contributed by atoms with van der Waals surface area (Å²) >= 11 is 0. The summed E-state index contributed by atoms with van der Waals surface area (Å²) in [6.45, 7) is 1.02. The third-order valence-electron chi connectivity index (χ3n) is 1.48. The molecule has 0 bridgehead atoms. The average molecular weight is 116 g/mol. The van der Waals surface area contributed by atoms with E-state index in [1.54, 1.807) is 0 Å². The van der Waals surface area contributed by atoms with Crippen LogP contribution in [0.4, 0.5) is 0 Å². The van der Waals surface area contributed by atoms with Crippen molar-refractivity contribution in [2.75, 3.05) is 6.61 Å². The molecule has 0 spiro atoms. The minimum absolute atomic E-state index is 0.659. The first-order chi connectivity index (χ1) is 3.43. The molecule has 0 aliphatic carbocycles. The van der Waals surface area contributed by atoms with Gasteiger partial charge < -0.3 is 4.74 Å². The predicted molar refractivity (Wildman–Crippen MR) is 33.7 cm³/mol. The highest BCUT2D eigenvalue weighted by Gasteiger charge is 2.11. The van der Waals surface area contributed by atoms with E-state index in [-0.39, 0.29) is 0 Å². The minimum Gasteiger partial charge on any atom is -0.379 e. The summed E-state index contributed by atoms with van der Waals surface area (Å²) in [5.74, 6) is 0. The van der Waals surface area contributed by atoms with Gasteiger partial charge in [0, 0.05) is 16.8 Å². The molecule has 0 radical (unpaired) electrons. The van der Waals surface area contributed by atoms with Crippen LogP contribution >= 0.6 is 0 Å². The summed E-state index contributed by atoms with van der Waals surface area (Å²) < 4.78 is 5.34. The van der Waals surface area contributed by atoms with E-state index in [0.29, 0.717) is 6.10 Å². The van der Waals surface area contributed by atoms with Crippen molar-refractivity contribution in [1.82, 2.24) is 0 Å². The number of hydrogen-bond donors (Lipinski definition) is 0. The van der Waals surface area contributed by atoms with Crippen molar-refractivity contribution in [1.29, 1.82) is 0 Å². The molecule has 1 saturated heterocycles. The lowest BCUT2D eigenvalue weighted by molar-refractivity contribution is 0.126. The fraction of sp³-hybridized carbons (Fsp3) is 1.00. The van der Waals surface area contributed by atoms with Gasteiger partial charge in [-0.2, -0.15) is 0 Å². The minimum atomic E-state index is 0.659. The Balaban J connectivity index is 2.14. The van der Waals surface area contributed by atoms with Crippen LogP contribution in [0.5, 0.6) is 0 Å². The molecule has 1 nitrogen and oxygen atoms in total. The lowest BCUT2D eigenvalue weighted by Gasteiger charge is -2.01. The maximum absolute atomic E-state index is 5.34. The Morgan fingerprint density at radius 3 is 2.86 bits per heavy atom. The van der Waals surface area contributed by atoms with E-state index in [9.17, 15) is 0 Å². The quantitative estimate of drug-likeness (QED) is 0.436. The van der Waals surface area contributed by atoms with Crippen LogP contribution in [-0.2, 0) is 4.74 Å². The van der Waals surface area contributed by atoms with Gasteiger partial charge in [0.1, 0.15) is 0 Å². The van der Waals surface area contributed by atoms with Crippen LogP contribution in [0.25, 0.3) is 0 Å². The van der Waals surface area contributed by atoms with Gasteiger partial charge in [-0.1, -0.05) is 0 Å². The second-order valence-electron chi connectivity index (χ2n) is 2.04. The molecule has 0 amide bonds. The van der Waals surface area contributed by atoms with E-state index in [0.717, 1.165) is 6.61 Å². The fourth-order valence-electron chi connectivity index (χ4n) is 0.966. The topological polar surface area (TPSA) is 9.23 Å². The molecule has 0 aromatic heterocycles. The first-order valence-electron chi connectivity index (χ1n) is 3.05. The van der Waals surface area contributed by atoms with Crippen molar-refractivity contribution in [3.63, 3.8) is 0 Å². The molecule has 42 valence electrons. The summed E-state index contributed by atoms with van der Waals surface area (Å²) in [4.78, 5) is 0. The molecule has 2 heteroatoms. The van der Waals surface area contributed by atoms with E-state index in [4.69, 9.17) is 4.74 Å². The van der Waals surface area contributed by atoms with Crippen LogP contribution in [0.15, 0.2) is 0 Å². The third-order valence-corrected chi connectivity index (χ3v) is 2.39. The van der Waals surface area contributed by atoms with Gasteiger partial charge in [0.15, 0.2) is 0 Å². The zero-order chi connectivity index (χ0) is 5.11. The second kappa shape index (κ2) is 2.48. The molecule has 1 aliphatic heterocycles. The molecule has 0 aromatic rings. The zero-order valence-electron chi connectivity index (χ0n) is 4.81. The van der Waals surface area contributed by atoms with Gasteiger partial charge in [0.25, 0.3) is 0 Å². The van der Waals surface area contributed by atoms with Crippen LogP contribution in [0.3, 0.4) is 0 Å². The van der Waals surface area contributed by atoms with E-state index in [1.807, 2.05) is 0 Å². The lowest BCUT2D eigenvalue weighted by Crippen LogP contribution is -2.01. The van der Waals surface area contributed by atoms with E-state index in [1.165, 1.54) is 29.1 Å². The smallest absolute Gasteiger partial charge is 0.0544 e. The summed E-state index contributed by atoms with van der Waals surface area (Å²) in [6.07, 6.45) is 3.28. The Hall–Kier alpha value is 0.177. The highest BCUT2D eigenvalue weighted by atomic mass is 28.1. The summed E-state index contributed by atoms with van der Waals surface area (Å²) in [7, 11) is 1.31. The third kappa shape index (κ3) is 1.28. The largest absolute Gasteiger partial charge is 0.379 e. The van der Waals surface area contributed by atoms with Gasteiger partial charge >= 0.3 is 0 Å². The molecule has 1 fully saturated rings. The molecule has 0 aromatic carbocycles. The Bertz CT molecular complexity index is 50.0. The van der Waals surface area contributed by atoms with Crippen LogP contribution in [0, 0.1) is 0 Å². The second-order valence-corrected chi connectivity index (χ2v) is 2.86. The Morgan fingerprint density at radius 1 is 1.71 bits per heavy atom. The Morgan fingerprint density at radius 2 is 2.57 bits per heavy atom. The molecule has 7 heavy (non-hydrogen) atoms. The molecule has 1 aliphatic rings. The number of hydrogen-bond acceptors (Lipinski definition) is 1. The van der Waals surface area contributed by atoms with Crippen molar-refractivity contribution >= 4 is 10.2 Å². The zero-order valence-corrected chi connectivity index (χ0v) is 6.81. The molecule has 1 atom stereocenters. The van der Waals surface area contributed by atoms with Crippen LogP contribution in [0.2, 0.25) is 6.04 Å². The van der Waals surface area contributed by atoms with Gasteiger partial charge in [-0.3, -0.25) is 0 Å². The van der Waals surface area contributed by atoms with Gasteiger partial charge in [0.2, 0.25) is 0 Å². The standard InChI is InChI=1S/C5H12OSi/c7-4-5-2-1-3-6-5/h5H,1-4H2,7H3. The fourth-order valence-corrected chi connectivity index (χ4v) is 1.61. The maximum atomic E-state index is 5.34. The van der Waals surface area contributed by atoms with Gasteiger partial charge in [-0.15, -0.1) is 0 Å². The van der Waals surface area contributed by atoms with Crippen LogP contribution < -0.4 is 0 Å². The van der Waals surface area contributed by atoms with Gasteiger partial charge in [0.05, 0.1) is 6.10 Å². The SMILES string of the molecule is [SiH3]CC1CCCO1.